The Labute approximate surface area is 183 Å². The summed E-state index contributed by atoms with van der Waals surface area (Å²) in [6, 6.07) is 22.4. The average Bonchev–Trinajstić information content (AvgIpc) is 3.48. The number of furan rings is 2. The number of anilines is 2. The minimum atomic E-state index is -0.262. The van der Waals surface area contributed by atoms with Gasteiger partial charge in [0.1, 0.15) is 0 Å². The van der Waals surface area contributed by atoms with Crippen LogP contribution in [0.4, 0.5) is 11.4 Å². The number of rotatable bonds is 7. The van der Waals surface area contributed by atoms with Crippen molar-refractivity contribution in [1.29, 1.82) is 0 Å². The molecule has 0 aliphatic rings. The van der Waals surface area contributed by atoms with Crippen LogP contribution < -0.4 is 19.6 Å². The number of carbonyl (C=O) groups is 2. The van der Waals surface area contributed by atoms with Crippen molar-refractivity contribution < 1.29 is 18.4 Å². The van der Waals surface area contributed by atoms with Crippen molar-refractivity contribution in [1.82, 2.24) is 0 Å². The third-order valence-corrected chi connectivity index (χ3v) is 11.2. The van der Waals surface area contributed by atoms with Gasteiger partial charge in [0.05, 0.1) is 0 Å². The van der Waals surface area contributed by atoms with Gasteiger partial charge in [0, 0.05) is 0 Å². The number of amides is 2. The van der Waals surface area contributed by atoms with Crippen molar-refractivity contribution in [2.24, 2.45) is 0 Å². The molecule has 0 unspecified atom stereocenters. The van der Waals surface area contributed by atoms with Gasteiger partial charge in [-0.15, -0.1) is 0 Å². The van der Waals surface area contributed by atoms with Crippen molar-refractivity contribution in [2.45, 2.75) is 0 Å². The summed E-state index contributed by atoms with van der Waals surface area (Å²) in [7, 11) is 0. The SMILES string of the molecule is O=C(Nc1ccc([Se][Se]c2ccc(NC(=O)c3ccco3)cc2)cc1)c1ccco1. The number of benzene rings is 2. The molecule has 4 rings (SSSR count). The van der Waals surface area contributed by atoms with Crippen LogP contribution in [-0.4, -0.2) is 38.1 Å². The Bertz CT molecular complexity index is 1020. The molecule has 0 fully saturated rings. The van der Waals surface area contributed by atoms with Crippen LogP contribution in [0.25, 0.3) is 0 Å². The van der Waals surface area contributed by atoms with Crippen LogP contribution in [0.15, 0.2) is 94.2 Å². The first-order valence-electron chi connectivity index (χ1n) is 8.92. The van der Waals surface area contributed by atoms with Crippen LogP contribution in [0, 0.1) is 0 Å². The summed E-state index contributed by atoms with van der Waals surface area (Å²) in [5, 5.41) is 5.63. The van der Waals surface area contributed by atoms with E-state index in [-0.39, 0.29) is 23.3 Å². The third-order valence-electron chi connectivity index (χ3n) is 3.95. The second-order valence-electron chi connectivity index (χ2n) is 6.08. The monoisotopic (exact) mass is 532 g/mol. The molecule has 30 heavy (non-hydrogen) atoms. The van der Waals surface area contributed by atoms with Gasteiger partial charge >= 0.3 is 184 Å². The molecule has 2 N–H and O–H groups in total. The number of hydrogen-bond acceptors (Lipinski definition) is 4. The first kappa shape index (κ1) is 20.3. The van der Waals surface area contributed by atoms with Crippen molar-refractivity contribution in [3.8, 4) is 0 Å². The number of nitrogens with one attached hydrogen (secondary N) is 2. The predicted molar refractivity (Wildman–Crippen MR) is 117 cm³/mol. The molecule has 0 saturated carbocycles. The Morgan fingerprint density at radius 2 is 1.00 bits per heavy atom. The van der Waals surface area contributed by atoms with E-state index in [1.807, 2.05) is 48.5 Å². The second-order valence-corrected chi connectivity index (χ2v) is 12.4. The summed E-state index contributed by atoms with van der Waals surface area (Å²) < 4.78 is 12.7. The van der Waals surface area contributed by atoms with E-state index in [2.05, 4.69) is 10.6 Å². The molecule has 2 amide bonds. The zero-order chi connectivity index (χ0) is 20.8. The van der Waals surface area contributed by atoms with E-state index in [1.54, 1.807) is 24.3 Å². The molecule has 0 bridgehead atoms. The summed E-state index contributed by atoms with van der Waals surface area (Å²) in [5.41, 5.74) is 1.47. The van der Waals surface area contributed by atoms with E-state index in [0.717, 1.165) is 11.4 Å². The van der Waals surface area contributed by atoms with E-state index >= 15 is 0 Å². The molecule has 0 aliphatic heterocycles. The summed E-state index contributed by atoms with van der Waals surface area (Å²) in [6.45, 7) is 0. The fourth-order valence-corrected chi connectivity index (χ4v) is 8.45. The second kappa shape index (κ2) is 9.65. The van der Waals surface area contributed by atoms with E-state index in [1.165, 1.54) is 21.5 Å². The molecular weight excluding hydrogens is 514 g/mol. The molecule has 8 heteroatoms. The predicted octanol–water partition coefficient (Wildman–Crippen LogP) is 2.65. The minimum absolute atomic E-state index is 0.262. The molecule has 2 heterocycles. The molecule has 0 spiro atoms. The normalized spacial score (nSPS) is 10.5. The maximum atomic E-state index is 12.0. The Kier molecular flexibility index (Phi) is 6.52. The number of carbonyl (C=O) groups excluding carboxylic acids is 2. The Morgan fingerprint density at radius 1 is 0.600 bits per heavy atom. The fraction of sp³-hybridized carbons (Fsp3) is 0. The summed E-state index contributed by atoms with van der Waals surface area (Å²) in [6.07, 6.45) is 2.95. The van der Waals surface area contributed by atoms with Crippen LogP contribution >= 0.6 is 0 Å². The van der Waals surface area contributed by atoms with Gasteiger partial charge in [-0.25, -0.2) is 0 Å². The molecule has 4 aromatic rings. The van der Waals surface area contributed by atoms with E-state index in [0.29, 0.717) is 26.3 Å². The molecule has 0 saturated heterocycles. The van der Waals surface area contributed by atoms with Gasteiger partial charge in [0.25, 0.3) is 0 Å². The quantitative estimate of drug-likeness (QED) is 0.360. The topological polar surface area (TPSA) is 84.5 Å². The fourth-order valence-electron chi connectivity index (χ4n) is 2.48. The van der Waals surface area contributed by atoms with Gasteiger partial charge in [0.2, 0.25) is 0 Å². The van der Waals surface area contributed by atoms with Crippen LogP contribution in [0.3, 0.4) is 0 Å². The van der Waals surface area contributed by atoms with Crippen LogP contribution in [0.5, 0.6) is 0 Å². The van der Waals surface area contributed by atoms with Crippen LogP contribution in [0.2, 0.25) is 0 Å². The Hall–Kier alpha value is -3.02. The zero-order valence-electron chi connectivity index (χ0n) is 15.5. The molecule has 0 aliphatic carbocycles. The summed E-state index contributed by atoms with van der Waals surface area (Å²) in [5.74, 6) is 0.0502. The first-order chi connectivity index (χ1) is 14.7. The Balaban J connectivity index is 1.28. The number of hydrogen-bond donors (Lipinski definition) is 2. The van der Waals surface area contributed by atoms with Gasteiger partial charge in [-0.2, -0.15) is 0 Å². The summed E-state index contributed by atoms with van der Waals surface area (Å²) >= 11 is 0.630. The Morgan fingerprint density at radius 3 is 1.33 bits per heavy atom. The van der Waals surface area contributed by atoms with E-state index in [4.69, 9.17) is 8.83 Å². The molecule has 0 atom stereocenters. The van der Waals surface area contributed by atoms with Crippen LogP contribution in [-0.2, 0) is 0 Å². The molecule has 0 radical (unpaired) electrons. The van der Waals surface area contributed by atoms with Crippen molar-refractivity contribution in [2.75, 3.05) is 10.6 Å². The molecular formula is C22H16N2O4Se2. The maximum absolute atomic E-state index is 12.0. The zero-order valence-corrected chi connectivity index (χ0v) is 19.0. The molecule has 2 aromatic carbocycles. The summed E-state index contributed by atoms with van der Waals surface area (Å²) in [4.78, 5) is 24.0. The van der Waals surface area contributed by atoms with Gasteiger partial charge in [0.15, 0.2) is 0 Å². The van der Waals surface area contributed by atoms with Crippen LogP contribution in [0.1, 0.15) is 21.1 Å². The van der Waals surface area contributed by atoms with Gasteiger partial charge < -0.3 is 0 Å². The van der Waals surface area contributed by atoms with Crippen molar-refractivity contribution in [3.63, 3.8) is 0 Å². The van der Waals surface area contributed by atoms with E-state index in [9.17, 15) is 9.59 Å². The van der Waals surface area contributed by atoms with Gasteiger partial charge in [-0.05, 0) is 0 Å². The van der Waals surface area contributed by atoms with E-state index < -0.39 is 0 Å². The third kappa shape index (κ3) is 5.32. The average molecular weight is 530 g/mol. The first-order valence-corrected chi connectivity index (χ1v) is 15.0. The molecule has 2 aromatic heterocycles. The van der Waals surface area contributed by atoms with Crippen molar-refractivity contribution in [3.05, 3.63) is 96.8 Å². The standard InChI is InChI=1S/C22H16N2O4Se2/c25-21(19-3-1-13-27-19)23-15-5-9-17(10-6-15)29-30-18-11-7-16(8-12-18)24-22(26)20-4-2-14-28-20/h1-14H,(H,23,25)(H,24,26). The molecule has 150 valence electrons. The van der Waals surface area contributed by atoms with Gasteiger partial charge in [-0.3, -0.25) is 0 Å². The van der Waals surface area contributed by atoms with Gasteiger partial charge in [-0.1, -0.05) is 0 Å². The van der Waals surface area contributed by atoms with Crippen molar-refractivity contribution >= 4 is 58.4 Å². The molecule has 6 nitrogen and oxygen atoms in total.